The third-order valence-corrected chi connectivity index (χ3v) is 5.75. The van der Waals surface area contributed by atoms with Crippen molar-refractivity contribution in [1.29, 1.82) is 0 Å². The lowest BCUT2D eigenvalue weighted by molar-refractivity contribution is -0.113. The van der Waals surface area contributed by atoms with Crippen molar-refractivity contribution in [2.24, 2.45) is 0 Å². The fourth-order valence-electron chi connectivity index (χ4n) is 2.89. The van der Waals surface area contributed by atoms with Crippen molar-refractivity contribution in [3.63, 3.8) is 0 Å². The molecule has 0 radical (unpaired) electrons. The molecule has 0 fully saturated rings. The highest BCUT2D eigenvalue weighted by atomic mass is 35.5. The van der Waals surface area contributed by atoms with Crippen LogP contribution in [0.3, 0.4) is 0 Å². The first-order valence-electron chi connectivity index (χ1n) is 8.94. The largest absolute Gasteiger partial charge is 0.495 e. The summed E-state index contributed by atoms with van der Waals surface area (Å²) in [5.74, 6) is 0.221. The van der Waals surface area contributed by atoms with E-state index in [1.54, 1.807) is 42.5 Å². The topological polar surface area (TPSA) is 102 Å². The molecule has 2 heterocycles. The maximum atomic E-state index is 13.1. The number of thioether (sulfide) groups is 1. The predicted molar refractivity (Wildman–Crippen MR) is 122 cm³/mol. The molecule has 4 rings (SSSR count). The Morgan fingerprint density at radius 3 is 2.84 bits per heavy atom. The van der Waals surface area contributed by atoms with E-state index >= 15 is 0 Å². The summed E-state index contributed by atoms with van der Waals surface area (Å²) in [7, 11) is 1.51. The lowest BCUT2D eigenvalue weighted by atomic mass is 10.3. The van der Waals surface area contributed by atoms with E-state index in [0.29, 0.717) is 43.4 Å². The fraction of sp³-hybridized carbons (Fsp3) is 0.100. The van der Waals surface area contributed by atoms with Crippen molar-refractivity contribution in [1.82, 2.24) is 19.7 Å². The third kappa shape index (κ3) is 4.53. The predicted octanol–water partition coefficient (Wildman–Crippen LogP) is 4.16. The van der Waals surface area contributed by atoms with E-state index in [9.17, 15) is 9.59 Å². The number of fused-ring (bicyclic) bond motifs is 1. The van der Waals surface area contributed by atoms with Gasteiger partial charge in [0.25, 0.3) is 5.56 Å². The number of carbonyl (C=O) groups excluding carboxylic acids is 1. The van der Waals surface area contributed by atoms with Crippen molar-refractivity contribution in [3.8, 4) is 11.4 Å². The minimum absolute atomic E-state index is 0.0164. The number of carbonyl (C=O) groups is 1. The van der Waals surface area contributed by atoms with Crippen LogP contribution in [0, 0.1) is 0 Å². The molecular weight excluding hydrogens is 461 g/mol. The van der Waals surface area contributed by atoms with Gasteiger partial charge in [0, 0.05) is 10.7 Å². The van der Waals surface area contributed by atoms with Gasteiger partial charge in [-0.2, -0.15) is 5.10 Å². The number of aromatic nitrogens is 4. The highest BCUT2D eigenvalue weighted by Crippen LogP contribution is 2.28. The van der Waals surface area contributed by atoms with Crippen LogP contribution in [0.5, 0.6) is 5.75 Å². The minimum atomic E-state index is -0.335. The van der Waals surface area contributed by atoms with Crippen LogP contribution in [0.4, 0.5) is 5.69 Å². The molecule has 0 spiro atoms. The second kappa shape index (κ2) is 9.01. The average molecular weight is 476 g/mol. The fourth-order valence-corrected chi connectivity index (χ4v) is 4.13. The van der Waals surface area contributed by atoms with E-state index in [0.717, 1.165) is 11.8 Å². The summed E-state index contributed by atoms with van der Waals surface area (Å²) >= 11 is 13.3. The summed E-state index contributed by atoms with van der Waals surface area (Å²) in [5.41, 5.74) is 1.06. The Bertz CT molecular complexity index is 1340. The van der Waals surface area contributed by atoms with E-state index in [2.05, 4.69) is 20.5 Å². The monoisotopic (exact) mass is 475 g/mol. The molecule has 8 nitrogen and oxygen atoms in total. The van der Waals surface area contributed by atoms with Crippen LogP contribution in [0.15, 0.2) is 58.6 Å². The molecule has 0 aliphatic heterocycles. The van der Waals surface area contributed by atoms with Crippen LogP contribution >= 0.6 is 35.0 Å². The number of rotatable bonds is 6. The van der Waals surface area contributed by atoms with Crippen LogP contribution < -0.4 is 15.6 Å². The molecule has 0 saturated heterocycles. The Labute approximate surface area is 190 Å². The second-order valence-corrected chi connectivity index (χ2v) is 8.12. The zero-order valence-electron chi connectivity index (χ0n) is 16.1. The van der Waals surface area contributed by atoms with E-state index in [1.165, 1.54) is 17.9 Å². The smallest absolute Gasteiger partial charge is 0.269 e. The number of H-pyrrole nitrogens is 1. The number of halogens is 2. The quantitative estimate of drug-likeness (QED) is 0.320. The van der Waals surface area contributed by atoms with Crippen molar-refractivity contribution in [3.05, 3.63) is 69.1 Å². The standard InChI is InChI=1S/C20H15Cl2N5O3S/c1-30-16-6-5-13(8-15(16)22)27-19(29)14-9-23-26-18(14)25-20(27)31-10-17(28)24-12-4-2-3-11(21)7-12/h2-9H,10H2,1H3,(H,23,26)(H,24,28). The number of ether oxygens (including phenoxy) is 1. The number of methoxy groups -OCH3 is 1. The van der Waals surface area contributed by atoms with Crippen molar-refractivity contribution >= 4 is 57.6 Å². The van der Waals surface area contributed by atoms with E-state index in [-0.39, 0.29) is 17.2 Å². The molecule has 0 bridgehead atoms. The molecular formula is C20H15Cl2N5O3S. The Hall–Kier alpha value is -3.01. The number of amides is 1. The third-order valence-electron chi connectivity index (χ3n) is 4.29. The summed E-state index contributed by atoms with van der Waals surface area (Å²) in [6.07, 6.45) is 1.41. The van der Waals surface area contributed by atoms with Crippen LogP contribution in [-0.4, -0.2) is 38.5 Å². The number of hydrogen-bond donors (Lipinski definition) is 2. The van der Waals surface area contributed by atoms with Gasteiger partial charge < -0.3 is 10.1 Å². The molecule has 2 aromatic carbocycles. The highest BCUT2D eigenvalue weighted by Gasteiger charge is 2.17. The van der Waals surface area contributed by atoms with Crippen LogP contribution in [0.25, 0.3) is 16.7 Å². The van der Waals surface area contributed by atoms with Gasteiger partial charge in [-0.15, -0.1) is 0 Å². The van der Waals surface area contributed by atoms with Gasteiger partial charge in [0.2, 0.25) is 5.91 Å². The Kier molecular flexibility index (Phi) is 6.17. The Balaban J connectivity index is 1.66. The molecule has 0 aliphatic carbocycles. The number of nitrogens with one attached hydrogen (secondary N) is 2. The molecule has 0 saturated carbocycles. The molecule has 4 aromatic rings. The summed E-state index contributed by atoms with van der Waals surface area (Å²) in [4.78, 5) is 30.0. The van der Waals surface area contributed by atoms with Crippen molar-refractivity contribution in [2.45, 2.75) is 5.16 Å². The van der Waals surface area contributed by atoms with E-state index in [1.807, 2.05) is 0 Å². The van der Waals surface area contributed by atoms with Gasteiger partial charge in [-0.05, 0) is 36.4 Å². The first kappa shape index (κ1) is 21.2. The number of nitrogens with zero attached hydrogens (tertiary/aromatic N) is 3. The first-order chi connectivity index (χ1) is 15.0. The zero-order valence-corrected chi connectivity index (χ0v) is 18.4. The second-order valence-electron chi connectivity index (χ2n) is 6.33. The Morgan fingerprint density at radius 2 is 2.10 bits per heavy atom. The summed E-state index contributed by atoms with van der Waals surface area (Å²) in [6, 6.07) is 11.8. The SMILES string of the molecule is COc1ccc(-n2c(SCC(=O)Nc3cccc(Cl)c3)nc3[nH]ncc3c2=O)cc1Cl. The van der Waals surface area contributed by atoms with Crippen molar-refractivity contribution < 1.29 is 9.53 Å². The molecule has 0 aliphatic rings. The maximum Gasteiger partial charge on any atom is 0.269 e. The Morgan fingerprint density at radius 1 is 1.26 bits per heavy atom. The maximum absolute atomic E-state index is 13.1. The number of benzene rings is 2. The van der Waals surface area contributed by atoms with Gasteiger partial charge in [-0.1, -0.05) is 41.0 Å². The molecule has 2 N–H and O–H groups in total. The summed E-state index contributed by atoms with van der Waals surface area (Å²) < 4.78 is 6.57. The van der Waals surface area contributed by atoms with Gasteiger partial charge in [0.1, 0.15) is 11.1 Å². The highest BCUT2D eigenvalue weighted by molar-refractivity contribution is 7.99. The summed E-state index contributed by atoms with van der Waals surface area (Å²) in [5, 5.41) is 10.8. The minimum Gasteiger partial charge on any atom is -0.495 e. The number of anilines is 1. The molecule has 0 unspecified atom stereocenters. The van der Waals surface area contributed by atoms with E-state index < -0.39 is 0 Å². The van der Waals surface area contributed by atoms with Gasteiger partial charge in [-0.3, -0.25) is 19.3 Å². The van der Waals surface area contributed by atoms with Crippen LogP contribution in [-0.2, 0) is 4.79 Å². The van der Waals surface area contributed by atoms with Crippen LogP contribution in [0.2, 0.25) is 10.0 Å². The lowest BCUT2D eigenvalue weighted by Crippen LogP contribution is -2.22. The summed E-state index contributed by atoms with van der Waals surface area (Å²) in [6.45, 7) is 0. The number of aromatic amines is 1. The lowest BCUT2D eigenvalue weighted by Gasteiger charge is -2.13. The van der Waals surface area contributed by atoms with Gasteiger partial charge >= 0.3 is 0 Å². The normalized spacial score (nSPS) is 10.9. The molecule has 158 valence electrons. The van der Waals surface area contributed by atoms with Crippen LogP contribution in [0.1, 0.15) is 0 Å². The molecule has 11 heteroatoms. The zero-order chi connectivity index (χ0) is 22.0. The first-order valence-corrected chi connectivity index (χ1v) is 10.7. The molecule has 2 aromatic heterocycles. The number of hydrogen-bond acceptors (Lipinski definition) is 6. The van der Waals surface area contributed by atoms with Gasteiger partial charge in [0.05, 0.1) is 29.8 Å². The van der Waals surface area contributed by atoms with Gasteiger partial charge in [-0.25, -0.2) is 4.98 Å². The average Bonchev–Trinajstić information content (AvgIpc) is 3.21. The van der Waals surface area contributed by atoms with Gasteiger partial charge in [0.15, 0.2) is 10.8 Å². The van der Waals surface area contributed by atoms with E-state index in [4.69, 9.17) is 27.9 Å². The molecule has 1 amide bonds. The van der Waals surface area contributed by atoms with Crippen molar-refractivity contribution in [2.75, 3.05) is 18.2 Å². The molecule has 31 heavy (non-hydrogen) atoms. The molecule has 0 atom stereocenters.